The van der Waals surface area contributed by atoms with Gasteiger partial charge in [0.2, 0.25) is 0 Å². The Morgan fingerprint density at radius 3 is 2.15 bits per heavy atom. The number of carbonyl (C=O) groups is 2. The summed E-state index contributed by atoms with van der Waals surface area (Å²) in [6.07, 6.45) is 4.14. The first-order chi connectivity index (χ1) is 16.3. The summed E-state index contributed by atoms with van der Waals surface area (Å²) < 4.78 is 6.24. The highest BCUT2D eigenvalue weighted by molar-refractivity contribution is 6.35. The van der Waals surface area contributed by atoms with Crippen LogP contribution in [0.3, 0.4) is 0 Å². The normalized spacial score (nSPS) is 18.9. The van der Waals surface area contributed by atoms with Gasteiger partial charge in [-0.05, 0) is 55.5 Å². The predicted molar refractivity (Wildman–Crippen MR) is 135 cm³/mol. The number of carbonyl (C=O) groups excluding carboxylic acids is 2. The van der Waals surface area contributed by atoms with E-state index in [1.807, 2.05) is 25.2 Å². The van der Waals surface area contributed by atoms with Crippen molar-refractivity contribution in [2.75, 3.05) is 7.05 Å². The third-order valence-corrected chi connectivity index (χ3v) is 7.60. The van der Waals surface area contributed by atoms with Crippen molar-refractivity contribution >= 4 is 46.4 Å². The number of halogens is 3. The van der Waals surface area contributed by atoms with Crippen molar-refractivity contribution in [1.29, 1.82) is 0 Å². The number of rotatable bonds is 4. The number of nitrogens with zero attached hydrogens (tertiary/aromatic N) is 1. The van der Waals surface area contributed by atoms with Gasteiger partial charge in [-0.25, -0.2) is 0 Å². The van der Waals surface area contributed by atoms with E-state index in [4.69, 9.17) is 39.5 Å². The second kappa shape index (κ2) is 9.41. The van der Waals surface area contributed by atoms with Gasteiger partial charge in [0.05, 0.1) is 5.02 Å². The minimum Gasteiger partial charge on any atom is -0.487 e. The molecule has 0 radical (unpaired) electrons. The Morgan fingerprint density at radius 1 is 0.882 bits per heavy atom. The first-order valence-electron chi connectivity index (χ1n) is 11.5. The van der Waals surface area contributed by atoms with Crippen LogP contribution in [0.25, 0.3) is 0 Å². The number of hydrogen-bond donors (Lipinski definition) is 0. The third kappa shape index (κ3) is 4.17. The van der Waals surface area contributed by atoms with E-state index >= 15 is 0 Å². The SMILES string of the molecule is CN1C2=C(C(=O)CCC2)C(c2cc(Cl)cc(Cl)c2OCc2cccc(Cl)c2)C2=C1CCCC2=O. The largest absolute Gasteiger partial charge is 0.487 e. The molecule has 0 bridgehead atoms. The van der Waals surface area contributed by atoms with Crippen LogP contribution in [0.5, 0.6) is 5.75 Å². The minimum atomic E-state index is -0.535. The molecular formula is C27H24Cl3NO3. The van der Waals surface area contributed by atoms with Crippen LogP contribution in [0.4, 0.5) is 0 Å². The van der Waals surface area contributed by atoms with Crippen LogP contribution in [0.15, 0.2) is 58.9 Å². The van der Waals surface area contributed by atoms with Crippen molar-refractivity contribution in [2.24, 2.45) is 0 Å². The lowest BCUT2D eigenvalue weighted by Crippen LogP contribution is -2.37. The van der Waals surface area contributed by atoms with Crippen molar-refractivity contribution < 1.29 is 14.3 Å². The van der Waals surface area contributed by atoms with Gasteiger partial charge in [0.1, 0.15) is 12.4 Å². The molecule has 2 aromatic rings. The van der Waals surface area contributed by atoms with Gasteiger partial charge in [-0.15, -0.1) is 0 Å². The first kappa shape index (κ1) is 23.5. The highest BCUT2D eigenvalue weighted by atomic mass is 35.5. The van der Waals surface area contributed by atoms with Crippen molar-refractivity contribution in [3.63, 3.8) is 0 Å². The van der Waals surface area contributed by atoms with Crippen LogP contribution in [0.1, 0.15) is 55.6 Å². The molecular weight excluding hydrogens is 493 g/mol. The summed E-state index contributed by atoms with van der Waals surface area (Å²) in [5, 5.41) is 1.40. The van der Waals surface area contributed by atoms with Crippen LogP contribution < -0.4 is 4.74 Å². The number of Topliss-reactive ketones (excluding diaryl/α,β-unsaturated/α-hetero) is 2. The fourth-order valence-corrected chi connectivity index (χ4v) is 6.17. The Morgan fingerprint density at radius 2 is 1.53 bits per heavy atom. The van der Waals surface area contributed by atoms with Crippen LogP contribution in [-0.2, 0) is 16.2 Å². The molecule has 4 nitrogen and oxygen atoms in total. The molecule has 1 heterocycles. The van der Waals surface area contributed by atoms with Crippen molar-refractivity contribution in [2.45, 2.75) is 51.0 Å². The number of benzene rings is 2. The van der Waals surface area contributed by atoms with Crippen LogP contribution in [-0.4, -0.2) is 23.5 Å². The third-order valence-electron chi connectivity index (χ3n) is 6.86. The van der Waals surface area contributed by atoms with Gasteiger partial charge >= 0.3 is 0 Å². The molecule has 7 heteroatoms. The molecule has 34 heavy (non-hydrogen) atoms. The smallest absolute Gasteiger partial charge is 0.161 e. The standard InChI is InChI=1S/C27H24Cl3NO3/c1-31-20-7-3-9-22(32)25(20)24(26-21(31)8-4-10-23(26)33)18-12-17(29)13-19(30)27(18)34-14-15-5-2-6-16(28)11-15/h2,5-6,11-13,24H,3-4,7-10,14H2,1H3. The zero-order valence-corrected chi connectivity index (χ0v) is 21.1. The Balaban J connectivity index is 1.67. The Labute approximate surface area is 214 Å². The molecule has 2 aliphatic carbocycles. The van der Waals surface area contributed by atoms with E-state index in [0.29, 0.717) is 50.4 Å². The number of ketones is 2. The Hall–Kier alpha value is -2.27. The summed E-state index contributed by atoms with van der Waals surface area (Å²) in [5.74, 6) is 0.0447. The van der Waals surface area contributed by atoms with E-state index in [1.54, 1.807) is 18.2 Å². The van der Waals surface area contributed by atoms with Crippen LogP contribution >= 0.6 is 34.8 Å². The molecule has 0 spiro atoms. The highest BCUT2D eigenvalue weighted by Gasteiger charge is 2.43. The molecule has 176 valence electrons. The molecule has 0 fully saturated rings. The van der Waals surface area contributed by atoms with E-state index in [2.05, 4.69) is 4.90 Å². The zero-order chi connectivity index (χ0) is 24.0. The summed E-state index contributed by atoms with van der Waals surface area (Å²) >= 11 is 19.3. The second-order valence-electron chi connectivity index (χ2n) is 8.99. The van der Waals surface area contributed by atoms with Gasteiger partial charge in [0.15, 0.2) is 11.6 Å². The predicted octanol–water partition coefficient (Wildman–Crippen LogP) is 7.27. The molecule has 3 aliphatic rings. The van der Waals surface area contributed by atoms with E-state index in [1.165, 1.54) is 0 Å². The van der Waals surface area contributed by atoms with Gasteiger partial charge in [0.25, 0.3) is 0 Å². The maximum atomic E-state index is 13.3. The van der Waals surface area contributed by atoms with E-state index in [0.717, 1.165) is 42.6 Å². The molecule has 0 N–H and O–H groups in total. The monoisotopic (exact) mass is 515 g/mol. The van der Waals surface area contributed by atoms with Gasteiger partial charge in [-0.3, -0.25) is 9.59 Å². The lowest BCUT2D eigenvalue weighted by molar-refractivity contribution is -0.117. The van der Waals surface area contributed by atoms with E-state index in [9.17, 15) is 9.59 Å². The van der Waals surface area contributed by atoms with E-state index < -0.39 is 5.92 Å². The molecule has 2 aromatic carbocycles. The van der Waals surface area contributed by atoms with Gasteiger partial charge in [0, 0.05) is 64.0 Å². The number of hydrogen-bond acceptors (Lipinski definition) is 4. The number of ether oxygens (including phenoxy) is 1. The average Bonchev–Trinajstić information content (AvgIpc) is 2.79. The zero-order valence-electron chi connectivity index (χ0n) is 18.8. The summed E-state index contributed by atoms with van der Waals surface area (Å²) in [6, 6.07) is 10.8. The van der Waals surface area contributed by atoms with Gasteiger partial charge in [-0.2, -0.15) is 0 Å². The van der Waals surface area contributed by atoms with Crippen molar-refractivity contribution in [3.8, 4) is 5.75 Å². The molecule has 0 atom stereocenters. The maximum Gasteiger partial charge on any atom is 0.161 e. The van der Waals surface area contributed by atoms with Gasteiger partial charge in [-0.1, -0.05) is 46.9 Å². The molecule has 1 aliphatic heterocycles. The molecule has 0 saturated heterocycles. The van der Waals surface area contributed by atoms with Gasteiger partial charge < -0.3 is 9.64 Å². The van der Waals surface area contributed by atoms with Crippen molar-refractivity contribution in [1.82, 2.24) is 4.90 Å². The van der Waals surface area contributed by atoms with Crippen LogP contribution in [0, 0.1) is 0 Å². The maximum absolute atomic E-state index is 13.3. The van der Waals surface area contributed by atoms with E-state index in [-0.39, 0.29) is 18.2 Å². The summed E-state index contributed by atoms with van der Waals surface area (Å²) in [4.78, 5) is 28.7. The lowest BCUT2D eigenvalue weighted by atomic mass is 9.71. The molecule has 0 amide bonds. The molecule has 0 saturated carbocycles. The summed E-state index contributed by atoms with van der Waals surface area (Å²) in [7, 11) is 1.97. The average molecular weight is 517 g/mol. The molecule has 0 aromatic heterocycles. The molecule has 5 rings (SSSR count). The summed E-state index contributed by atoms with van der Waals surface area (Å²) in [6.45, 7) is 0.237. The Bertz CT molecular complexity index is 1220. The summed E-state index contributed by atoms with van der Waals surface area (Å²) in [5.41, 5.74) is 4.88. The quantitative estimate of drug-likeness (QED) is 0.429. The second-order valence-corrected chi connectivity index (χ2v) is 10.3. The highest BCUT2D eigenvalue weighted by Crippen LogP contribution is 2.52. The first-order valence-corrected chi connectivity index (χ1v) is 12.6. The fourth-order valence-electron chi connectivity index (χ4n) is 5.39. The lowest BCUT2D eigenvalue weighted by Gasteiger charge is -2.42. The fraction of sp³-hybridized carbons (Fsp3) is 0.333. The minimum absolute atomic E-state index is 0.0694. The molecule has 0 unspecified atom stereocenters. The number of allylic oxidation sites excluding steroid dienone is 4. The van der Waals surface area contributed by atoms with Crippen molar-refractivity contribution in [3.05, 3.63) is 85.1 Å². The Kier molecular flexibility index (Phi) is 6.49. The topological polar surface area (TPSA) is 46.6 Å². The van der Waals surface area contributed by atoms with Crippen LogP contribution in [0.2, 0.25) is 15.1 Å².